The van der Waals surface area contributed by atoms with Crippen LogP contribution in [0.5, 0.6) is 0 Å². The minimum atomic E-state index is -3.01. The third-order valence-corrected chi connectivity index (χ3v) is 9.31. The van der Waals surface area contributed by atoms with Crippen molar-refractivity contribution in [3.8, 4) is 0 Å². The van der Waals surface area contributed by atoms with Crippen molar-refractivity contribution in [2.75, 3.05) is 0 Å². The summed E-state index contributed by atoms with van der Waals surface area (Å²) in [6.45, 7) is 3.52. The van der Waals surface area contributed by atoms with Crippen LogP contribution >= 0.6 is 0 Å². The second kappa shape index (κ2) is 9.58. The molecule has 3 rings (SSSR count). The van der Waals surface area contributed by atoms with Crippen molar-refractivity contribution in [1.82, 2.24) is 0 Å². The van der Waals surface area contributed by atoms with Crippen molar-refractivity contribution in [2.45, 2.75) is 95.5 Å². The van der Waals surface area contributed by atoms with E-state index in [0.717, 1.165) is 29.7 Å². The van der Waals surface area contributed by atoms with Crippen molar-refractivity contribution in [3.63, 3.8) is 0 Å². The normalized spacial score (nSPS) is 25.0. The lowest BCUT2D eigenvalue weighted by Crippen LogP contribution is -2.28. The van der Waals surface area contributed by atoms with E-state index < -0.39 is 9.84 Å². The summed E-state index contributed by atoms with van der Waals surface area (Å²) in [4.78, 5) is 0. The maximum Gasteiger partial charge on any atom is 0.156 e. The molecule has 2 aliphatic rings. The maximum absolute atomic E-state index is 12.1. The first kappa shape index (κ1) is 20.9. The molecule has 0 aromatic heterocycles. The van der Waals surface area contributed by atoms with E-state index >= 15 is 0 Å². The Morgan fingerprint density at radius 1 is 0.852 bits per heavy atom. The molecule has 1 aromatic rings. The third-order valence-electron chi connectivity index (χ3n) is 7.14. The molecule has 0 radical (unpaired) electrons. The summed E-state index contributed by atoms with van der Waals surface area (Å²) in [5, 5.41) is -0.305. The van der Waals surface area contributed by atoms with Gasteiger partial charge in [0.15, 0.2) is 9.84 Å². The summed E-state index contributed by atoms with van der Waals surface area (Å²) < 4.78 is 24.2. The van der Waals surface area contributed by atoms with Gasteiger partial charge >= 0.3 is 0 Å². The van der Waals surface area contributed by atoms with Crippen LogP contribution in [0.1, 0.15) is 89.2 Å². The molecule has 2 nitrogen and oxygen atoms in total. The highest BCUT2D eigenvalue weighted by Gasteiger charge is 2.32. The predicted molar refractivity (Wildman–Crippen MR) is 115 cm³/mol. The number of hydrogen-bond donors (Lipinski definition) is 0. The van der Waals surface area contributed by atoms with Crippen LogP contribution in [0.25, 0.3) is 0 Å². The number of rotatable bonds is 7. The van der Waals surface area contributed by atoms with Crippen LogP contribution in [-0.4, -0.2) is 13.7 Å². The zero-order valence-electron chi connectivity index (χ0n) is 17.3. The molecule has 3 heteroatoms. The number of hydrogen-bond acceptors (Lipinski definition) is 2. The van der Waals surface area contributed by atoms with Crippen LogP contribution in [0.2, 0.25) is 0 Å². The number of sulfone groups is 1. The van der Waals surface area contributed by atoms with Gasteiger partial charge in [-0.15, -0.1) is 0 Å². The molecule has 0 bridgehead atoms. The Morgan fingerprint density at radius 3 is 2.11 bits per heavy atom. The van der Waals surface area contributed by atoms with E-state index in [1.54, 1.807) is 13.8 Å². The standard InChI is InChI=1S/C24H38O2S/c1-19(2)27(25,26)18-21-14-12-20(13-15-21)16-17-23-10-6-7-11-24(23)22-8-4-3-5-9-22/h12-15,19,22-24H,3-11,16-18H2,1-2H3. The first-order chi connectivity index (χ1) is 13.0. The number of benzene rings is 1. The number of aryl methyl sites for hydroxylation is 1. The largest absolute Gasteiger partial charge is 0.228 e. The fourth-order valence-electron chi connectivity index (χ4n) is 5.33. The summed E-state index contributed by atoms with van der Waals surface area (Å²) in [5.74, 6) is 3.03. The molecule has 152 valence electrons. The van der Waals surface area contributed by atoms with Gasteiger partial charge in [0.1, 0.15) is 0 Å². The third kappa shape index (κ3) is 5.82. The average molecular weight is 391 g/mol. The zero-order valence-corrected chi connectivity index (χ0v) is 18.1. The van der Waals surface area contributed by atoms with E-state index in [4.69, 9.17) is 0 Å². The van der Waals surface area contributed by atoms with Crippen molar-refractivity contribution in [1.29, 1.82) is 0 Å². The Bertz CT molecular complexity index is 669. The molecule has 2 atom stereocenters. The van der Waals surface area contributed by atoms with Gasteiger partial charge < -0.3 is 0 Å². The van der Waals surface area contributed by atoms with E-state index in [9.17, 15) is 8.42 Å². The average Bonchev–Trinajstić information content (AvgIpc) is 2.68. The molecule has 2 unspecified atom stereocenters. The Balaban J connectivity index is 1.55. The molecule has 0 heterocycles. The van der Waals surface area contributed by atoms with Gasteiger partial charge in [-0.05, 0) is 62.0 Å². The summed E-state index contributed by atoms with van der Waals surface area (Å²) >= 11 is 0. The summed E-state index contributed by atoms with van der Waals surface area (Å²) in [5.41, 5.74) is 2.29. The van der Waals surface area contributed by atoms with Gasteiger partial charge in [0.25, 0.3) is 0 Å². The Morgan fingerprint density at radius 2 is 1.44 bits per heavy atom. The molecule has 27 heavy (non-hydrogen) atoms. The molecule has 0 saturated heterocycles. The van der Waals surface area contributed by atoms with E-state index in [1.807, 2.05) is 12.1 Å². The molecule has 0 aliphatic heterocycles. The van der Waals surface area contributed by atoms with E-state index in [0.29, 0.717) is 0 Å². The van der Waals surface area contributed by atoms with Crippen LogP contribution in [0, 0.1) is 17.8 Å². The van der Waals surface area contributed by atoms with Gasteiger partial charge in [-0.1, -0.05) is 75.6 Å². The first-order valence-corrected chi connectivity index (χ1v) is 13.0. The van der Waals surface area contributed by atoms with Gasteiger partial charge in [-0.25, -0.2) is 8.42 Å². The highest BCUT2D eigenvalue weighted by Crippen LogP contribution is 2.43. The Kier molecular flexibility index (Phi) is 7.42. The lowest BCUT2D eigenvalue weighted by molar-refractivity contribution is 0.122. The monoisotopic (exact) mass is 390 g/mol. The second-order valence-electron chi connectivity index (χ2n) is 9.32. The fourth-order valence-corrected chi connectivity index (χ4v) is 6.32. The predicted octanol–water partition coefficient (Wildman–Crippen LogP) is 6.33. The van der Waals surface area contributed by atoms with E-state index in [2.05, 4.69) is 12.1 Å². The van der Waals surface area contributed by atoms with Gasteiger partial charge in [-0.2, -0.15) is 0 Å². The summed E-state index contributed by atoms with van der Waals surface area (Å²) in [6, 6.07) is 8.36. The first-order valence-electron chi connectivity index (χ1n) is 11.2. The van der Waals surface area contributed by atoms with Crippen LogP contribution in [0.3, 0.4) is 0 Å². The molecule has 0 N–H and O–H groups in total. The molecule has 0 spiro atoms. The van der Waals surface area contributed by atoms with Crippen molar-refractivity contribution < 1.29 is 8.42 Å². The van der Waals surface area contributed by atoms with Crippen LogP contribution in [0.4, 0.5) is 0 Å². The van der Waals surface area contributed by atoms with Crippen molar-refractivity contribution >= 4 is 9.84 Å². The molecule has 2 saturated carbocycles. The van der Waals surface area contributed by atoms with Gasteiger partial charge in [0, 0.05) is 0 Å². The van der Waals surface area contributed by atoms with Crippen LogP contribution in [-0.2, 0) is 22.0 Å². The smallest absolute Gasteiger partial charge is 0.156 e. The molecule has 2 fully saturated rings. The molecule has 2 aliphatic carbocycles. The zero-order chi connectivity index (χ0) is 19.3. The van der Waals surface area contributed by atoms with Crippen molar-refractivity contribution in [3.05, 3.63) is 35.4 Å². The minimum absolute atomic E-state index is 0.164. The summed E-state index contributed by atoms with van der Waals surface area (Å²) in [6.07, 6.45) is 15.5. The van der Waals surface area contributed by atoms with Gasteiger partial charge in [0.2, 0.25) is 0 Å². The van der Waals surface area contributed by atoms with Crippen molar-refractivity contribution in [2.24, 2.45) is 17.8 Å². The van der Waals surface area contributed by atoms with E-state index in [1.165, 1.54) is 69.8 Å². The van der Waals surface area contributed by atoms with Gasteiger partial charge in [0.05, 0.1) is 11.0 Å². The van der Waals surface area contributed by atoms with Crippen LogP contribution in [0.15, 0.2) is 24.3 Å². The maximum atomic E-state index is 12.1. The minimum Gasteiger partial charge on any atom is -0.228 e. The topological polar surface area (TPSA) is 34.1 Å². The molecule has 1 aromatic carbocycles. The second-order valence-corrected chi connectivity index (χ2v) is 11.9. The fraction of sp³-hybridized carbons (Fsp3) is 0.750. The Hall–Kier alpha value is -0.830. The highest BCUT2D eigenvalue weighted by atomic mass is 32.2. The lowest BCUT2D eigenvalue weighted by Gasteiger charge is -2.39. The lowest BCUT2D eigenvalue weighted by atomic mass is 9.66. The van der Waals surface area contributed by atoms with Gasteiger partial charge in [-0.3, -0.25) is 0 Å². The summed E-state index contributed by atoms with van der Waals surface area (Å²) in [7, 11) is -3.01. The van der Waals surface area contributed by atoms with Crippen LogP contribution < -0.4 is 0 Å². The quantitative estimate of drug-likeness (QED) is 0.545. The molecule has 0 amide bonds. The molecular formula is C24H38O2S. The SMILES string of the molecule is CC(C)S(=O)(=O)Cc1ccc(CCC2CCCCC2C2CCCCC2)cc1. The Labute approximate surface area is 167 Å². The molecular weight excluding hydrogens is 352 g/mol. The highest BCUT2D eigenvalue weighted by molar-refractivity contribution is 7.91. The van der Waals surface area contributed by atoms with E-state index in [-0.39, 0.29) is 11.0 Å².